The molecule has 4 aromatic heterocycles. The Kier molecular flexibility index (Phi) is 87.4. The van der Waals surface area contributed by atoms with Gasteiger partial charge in [0.05, 0.1) is 42.9 Å². The first-order chi connectivity index (χ1) is 41.6. The van der Waals surface area contributed by atoms with Gasteiger partial charge in [-0.3, -0.25) is 0 Å². The van der Waals surface area contributed by atoms with Crippen molar-refractivity contribution in [2.24, 2.45) is 23.7 Å². The summed E-state index contributed by atoms with van der Waals surface area (Å²) in [6.45, 7) is 70.8. The second-order valence-corrected chi connectivity index (χ2v) is 23.7. The van der Waals surface area contributed by atoms with Gasteiger partial charge in [-0.05, 0) is 155 Å². The number of likely N-dealkylation sites (N-methyl/N-ethyl adjacent to an activating group) is 1. The Morgan fingerprint density at radius 2 is 0.816 bits per heavy atom. The topological polar surface area (TPSA) is 71.9 Å². The van der Waals surface area contributed by atoms with Crippen LogP contribution in [0.3, 0.4) is 0 Å². The zero-order valence-electron chi connectivity index (χ0n) is 63.3. The van der Waals surface area contributed by atoms with E-state index in [1.807, 2.05) is 168 Å². The number of para-hydroxylation sites is 2. The minimum absolute atomic E-state index is 0.391. The van der Waals surface area contributed by atoms with Crippen molar-refractivity contribution in [3.05, 3.63) is 132 Å². The third-order valence-electron chi connectivity index (χ3n) is 8.83. The van der Waals surface area contributed by atoms with Crippen molar-refractivity contribution in [3.63, 3.8) is 0 Å². The maximum Gasteiger partial charge on any atom is 0.133 e. The van der Waals surface area contributed by atoms with Crippen molar-refractivity contribution in [1.29, 1.82) is 0 Å². The molecule has 0 spiro atoms. The van der Waals surface area contributed by atoms with Crippen LogP contribution in [0.2, 0.25) is 0 Å². The van der Waals surface area contributed by atoms with E-state index < -0.39 is 0 Å². The quantitative estimate of drug-likeness (QED) is 0.173. The highest BCUT2D eigenvalue weighted by Gasteiger charge is 2.24. The molecule has 6 heterocycles. The Morgan fingerprint density at radius 3 is 1.14 bits per heavy atom. The SMILES string of the molecule is CC.CC.CC.CC.CC.CC.CC.CC(C)C.CC(C)C.CC(C)C.CC(C)C.CC(C)OC1CCC1.CC(C)OC1CN(C)C1.CC(C)OC1CNC1.c1ccc2[nH]ccc2c1.c1ccc2occc2c1.c1ccc2sccc2c1.c1ccsc1. The molecule has 87 heavy (non-hydrogen) atoms. The largest absolute Gasteiger partial charge is 0.464 e. The maximum atomic E-state index is 5.51. The molecular weight excluding hydrogens is 1110 g/mol. The lowest BCUT2D eigenvalue weighted by Gasteiger charge is -2.36. The summed E-state index contributed by atoms with van der Waals surface area (Å²) in [5.41, 5.74) is 2.16. The lowest BCUT2D eigenvalue weighted by Crippen LogP contribution is -2.50. The van der Waals surface area contributed by atoms with Gasteiger partial charge in [0.2, 0.25) is 0 Å². The molecule has 1 saturated carbocycles. The third kappa shape index (κ3) is 74.6. The number of aromatic nitrogens is 1. The fourth-order valence-electron chi connectivity index (χ4n) is 5.78. The van der Waals surface area contributed by atoms with Crippen molar-refractivity contribution < 1.29 is 18.6 Å². The Morgan fingerprint density at radius 1 is 0.425 bits per heavy atom. The molecule has 0 unspecified atom stereocenters. The van der Waals surface area contributed by atoms with Gasteiger partial charge in [-0.1, -0.05) is 247 Å². The van der Waals surface area contributed by atoms with Crippen LogP contribution in [0, 0.1) is 23.7 Å². The molecule has 2 aliphatic heterocycles. The summed E-state index contributed by atoms with van der Waals surface area (Å²) in [7, 11) is 2.11. The minimum Gasteiger partial charge on any atom is -0.464 e. The summed E-state index contributed by atoms with van der Waals surface area (Å²) in [4.78, 5) is 5.38. The number of hydrogen-bond acceptors (Lipinski definition) is 8. The summed E-state index contributed by atoms with van der Waals surface area (Å²) in [5.74, 6) is 3.33. The van der Waals surface area contributed by atoms with E-state index in [2.05, 4.69) is 201 Å². The standard InChI is InChI=1S/C8H7N.C8H6O.C8H6S.C7H15NO.C7H14O.C6H13NO.C4H4S.4C4H10.7C2H6/c3*1-2-4-8-7(3-1)5-6-9-8;1-6(2)9-7-4-8(3)5-7;1-6(2)8-7-4-3-5-7;1-5(2)8-6-3-7-4-6;1-2-4-5-3-1;4*1-4(2)3;7*1-2/h1-6,9H;2*1-6H;6-7H,4-5H2,1-3H3;6-7H,3-5H2,1-2H3;5-7H,3-4H2,1-2H3;1-4H;4*4H,1-3H3;7*1-2H3. The van der Waals surface area contributed by atoms with Crippen LogP contribution in [-0.2, 0) is 14.2 Å². The van der Waals surface area contributed by atoms with Gasteiger partial charge in [-0.2, -0.15) is 11.3 Å². The predicted molar refractivity (Wildman–Crippen MR) is 406 cm³/mol. The van der Waals surface area contributed by atoms with Crippen LogP contribution in [0.1, 0.15) is 241 Å². The van der Waals surface area contributed by atoms with Gasteiger partial charge < -0.3 is 33.8 Å². The van der Waals surface area contributed by atoms with E-state index in [0.29, 0.717) is 36.6 Å². The van der Waals surface area contributed by atoms with Crippen molar-refractivity contribution >= 4 is 54.6 Å². The number of ether oxygens (including phenoxy) is 3. The monoisotopic (exact) mass is 1250 g/mol. The maximum absolute atomic E-state index is 5.51. The van der Waals surface area contributed by atoms with Crippen LogP contribution >= 0.6 is 22.7 Å². The fraction of sp³-hybridized carbons (Fsp3) is 0.641. The number of fused-ring (bicyclic) bond motifs is 3. The first kappa shape index (κ1) is 99.4. The van der Waals surface area contributed by atoms with Crippen LogP contribution in [0.25, 0.3) is 32.0 Å². The van der Waals surface area contributed by atoms with Crippen molar-refractivity contribution in [2.45, 2.75) is 277 Å². The van der Waals surface area contributed by atoms with Crippen LogP contribution < -0.4 is 5.32 Å². The number of aromatic amines is 1. The second kappa shape index (κ2) is 76.4. The fourth-order valence-corrected chi connectivity index (χ4v) is 7.03. The molecule has 7 aromatic rings. The van der Waals surface area contributed by atoms with E-state index in [9.17, 15) is 0 Å². The minimum atomic E-state index is 0.391. The van der Waals surface area contributed by atoms with E-state index in [4.69, 9.17) is 18.6 Å². The summed E-state index contributed by atoms with van der Waals surface area (Å²) in [5, 5.41) is 13.1. The smallest absolute Gasteiger partial charge is 0.133 e. The molecule has 510 valence electrons. The number of nitrogens with one attached hydrogen (secondary N) is 2. The van der Waals surface area contributed by atoms with Crippen molar-refractivity contribution in [3.8, 4) is 0 Å². The Hall–Kier alpha value is -3.80. The average Bonchev–Trinajstić information content (AvgIpc) is 4.56. The van der Waals surface area contributed by atoms with Crippen molar-refractivity contribution in [2.75, 3.05) is 33.2 Å². The molecule has 2 saturated heterocycles. The number of hydrogen-bond donors (Lipinski definition) is 2. The van der Waals surface area contributed by atoms with E-state index in [0.717, 1.165) is 60.8 Å². The highest BCUT2D eigenvalue weighted by molar-refractivity contribution is 7.17. The van der Waals surface area contributed by atoms with E-state index in [1.54, 1.807) is 28.9 Å². The molecule has 2 N–H and O–H groups in total. The highest BCUT2D eigenvalue weighted by Crippen LogP contribution is 2.23. The lowest BCUT2D eigenvalue weighted by atomic mass is 9.96. The molecule has 0 amide bonds. The molecule has 10 rings (SSSR count). The molecule has 0 bridgehead atoms. The normalized spacial score (nSPS) is 12.0. The van der Waals surface area contributed by atoms with Gasteiger partial charge in [0.15, 0.2) is 0 Å². The van der Waals surface area contributed by atoms with Gasteiger partial charge >= 0.3 is 0 Å². The molecule has 1 aliphatic carbocycles. The van der Waals surface area contributed by atoms with E-state index >= 15 is 0 Å². The van der Waals surface area contributed by atoms with Gasteiger partial charge in [-0.15, -0.1) is 11.3 Å². The number of rotatable bonds is 6. The highest BCUT2D eigenvalue weighted by atomic mass is 32.1. The average molecular weight is 1260 g/mol. The molecule has 3 aliphatic rings. The van der Waals surface area contributed by atoms with Crippen molar-refractivity contribution in [1.82, 2.24) is 15.2 Å². The second-order valence-electron chi connectivity index (χ2n) is 21.9. The lowest BCUT2D eigenvalue weighted by molar-refractivity contribution is -0.0712. The van der Waals surface area contributed by atoms with Crippen LogP contribution in [0.15, 0.2) is 136 Å². The zero-order chi connectivity index (χ0) is 69.0. The number of benzene rings is 3. The van der Waals surface area contributed by atoms with E-state index in [-0.39, 0.29) is 0 Å². The van der Waals surface area contributed by atoms with Crippen LogP contribution in [0.4, 0.5) is 0 Å². The Balaban J connectivity index is -0.000000130. The number of H-pyrrole nitrogens is 1. The number of likely N-dealkylation sites (tertiary alicyclic amines) is 1. The molecule has 3 aromatic carbocycles. The third-order valence-corrected chi connectivity index (χ3v) is 10.4. The van der Waals surface area contributed by atoms with Gasteiger partial charge in [0, 0.05) is 48.0 Å². The Bertz CT molecular complexity index is 1870. The van der Waals surface area contributed by atoms with Crippen LogP contribution in [-0.4, -0.2) is 79.7 Å². The predicted octanol–water partition coefficient (Wildman–Crippen LogP) is 26.2. The van der Waals surface area contributed by atoms with E-state index in [1.165, 1.54) is 40.3 Å². The van der Waals surface area contributed by atoms with Gasteiger partial charge in [0.25, 0.3) is 0 Å². The number of furan rings is 1. The Labute approximate surface area is 551 Å². The molecule has 3 fully saturated rings. The molecule has 7 nitrogen and oxygen atoms in total. The molecule has 9 heteroatoms. The molecular formula is C78H147N3O4S2. The zero-order valence-corrected chi connectivity index (χ0v) is 65.0. The molecule has 0 radical (unpaired) electrons. The molecule has 0 atom stereocenters. The first-order valence-electron chi connectivity index (χ1n) is 34.3. The summed E-state index contributed by atoms with van der Waals surface area (Å²) in [6.07, 6.45) is 10.4. The number of nitrogens with zero attached hydrogens (tertiary/aromatic N) is 1. The number of thiophene rings is 2. The summed E-state index contributed by atoms with van der Waals surface area (Å²) >= 11 is 3.50. The summed E-state index contributed by atoms with van der Waals surface area (Å²) in [6, 6.07) is 34.8. The summed E-state index contributed by atoms with van der Waals surface area (Å²) < 4.78 is 22.9. The van der Waals surface area contributed by atoms with Gasteiger partial charge in [0.1, 0.15) is 5.58 Å². The first-order valence-corrected chi connectivity index (χ1v) is 36.1. The van der Waals surface area contributed by atoms with Gasteiger partial charge in [-0.25, -0.2) is 0 Å². The van der Waals surface area contributed by atoms with Crippen LogP contribution in [0.5, 0.6) is 0 Å².